The highest BCUT2D eigenvalue weighted by atomic mass is 32.1. The first kappa shape index (κ1) is 15.2. The summed E-state index contributed by atoms with van der Waals surface area (Å²) < 4.78 is 1.30. The fraction of sp³-hybridized carbons (Fsp3) is 0.385. The number of aryl methyl sites for hydroxylation is 1. The molecule has 0 atom stereocenters. The van der Waals surface area contributed by atoms with E-state index in [0.717, 1.165) is 5.01 Å². The number of carbonyl (C=O) groups is 2. The maximum atomic E-state index is 12.5. The van der Waals surface area contributed by atoms with E-state index >= 15 is 0 Å². The van der Waals surface area contributed by atoms with Gasteiger partial charge in [0.05, 0.1) is 11.2 Å². The Morgan fingerprint density at radius 2 is 2.24 bits per heavy atom. The maximum Gasteiger partial charge on any atom is 0.339 e. The Labute approximate surface area is 125 Å². The number of hydrogen-bond donors (Lipinski definition) is 1. The third-order valence-corrected chi connectivity index (χ3v) is 3.96. The Bertz CT molecular complexity index is 636. The molecule has 0 radical (unpaired) electrons. The van der Waals surface area contributed by atoms with Crippen LogP contribution in [0.1, 0.15) is 32.8 Å². The summed E-state index contributed by atoms with van der Waals surface area (Å²) >= 11 is 1.54. The lowest BCUT2D eigenvalue weighted by Gasteiger charge is -2.20. The Morgan fingerprint density at radius 1 is 1.48 bits per heavy atom. The summed E-state index contributed by atoms with van der Waals surface area (Å²) in [5.41, 5.74) is 0.0266. The first-order valence-electron chi connectivity index (χ1n) is 6.47. The molecule has 21 heavy (non-hydrogen) atoms. The van der Waals surface area contributed by atoms with E-state index in [1.807, 2.05) is 12.3 Å². The maximum absolute atomic E-state index is 12.5. The Balaban J connectivity index is 2.16. The number of carboxylic acid groups (broad SMARTS) is 1. The second kappa shape index (κ2) is 6.49. The first-order valence-corrected chi connectivity index (χ1v) is 7.35. The molecule has 0 spiro atoms. The number of thiazole rings is 1. The van der Waals surface area contributed by atoms with E-state index in [1.54, 1.807) is 18.1 Å². The summed E-state index contributed by atoms with van der Waals surface area (Å²) in [4.78, 5) is 29.5. The van der Waals surface area contributed by atoms with Gasteiger partial charge in [-0.1, -0.05) is 0 Å². The van der Waals surface area contributed by atoms with Crippen molar-refractivity contribution in [1.82, 2.24) is 19.7 Å². The number of hydrogen-bond acceptors (Lipinski definition) is 5. The van der Waals surface area contributed by atoms with Crippen molar-refractivity contribution in [3.05, 3.63) is 34.0 Å². The average Bonchev–Trinajstić information content (AvgIpc) is 3.08. The molecule has 0 unspecified atom stereocenters. The zero-order valence-corrected chi connectivity index (χ0v) is 12.6. The minimum absolute atomic E-state index is 0.0739. The minimum atomic E-state index is -1.15. The van der Waals surface area contributed by atoms with Crippen molar-refractivity contribution >= 4 is 23.2 Å². The molecule has 0 aliphatic rings. The van der Waals surface area contributed by atoms with E-state index in [0.29, 0.717) is 19.5 Å². The number of amides is 1. The normalized spacial score (nSPS) is 10.6. The zero-order valence-electron chi connectivity index (χ0n) is 11.8. The van der Waals surface area contributed by atoms with Crippen molar-refractivity contribution in [3.63, 3.8) is 0 Å². The fourth-order valence-electron chi connectivity index (χ4n) is 2.01. The van der Waals surface area contributed by atoms with Gasteiger partial charge in [-0.3, -0.25) is 9.48 Å². The third kappa shape index (κ3) is 3.27. The van der Waals surface area contributed by atoms with Crippen LogP contribution in [0.3, 0.4) is 0 Å². The number of carboxylic acids is 1. The molecular formula is C13H16N4O3S. The van der Waals surface area contributed by atoms with Gasteiger partial charge in [0, 0.05) is 38.1 Å². The first-order chi connectivity index (χ1) is 10.0. The van der Waals surface area contributed by atoms with Gasteiger partial charge < -0.3 is 10.0 Å². The van der Waals surface area contributed by atoms with Crippen LogP contribution in [0.4, 0.5) is 0 Å². The molecule has 7 nitrogen and oxygen atoms in total. The van der Waals surface area contributed by atoms with Crippen LogP contribution in [-0.2, 0) is 13.5 Å². The van der Waals surface area contributed by atoms with Crippen molar-refractivity contribution in [2.75, 3.05) is 13.1 Å². The topological polar surface area (TPSA) is 88.3 Å². The van der Waals surface area contributed by atoms with Gasteiger partial charge >= 0.3 is 5.97 Å². The predicted octanol–water partition coefficient (Wildman–Crippen LogP) is 1.28. The van der Waals surface area contributed by atoms with E-state index in [9.17, 15) is 9.59 Å². The van der Waals surface area contributed by atoms with Crippen LogP contribution < -0.4 is 0 Å². The molecule has 0 aliphatic heterocycles. The summed E-state index contributed by atoms with van der Waals surface area (Å²) in [6.07, 6.45) is 3.57. The highest BCUT2D eigenvalue weighted by Gasteiger charge is 2.25. The SMILES string of the molecule is CCN(CCc1nccs1)C(=O)c1c(C(=O)O)cnn1C. The number of carbonyl (C=O) groups excluding carboxylic acids is 1. The Morgan fingerprint density at radius 3 is 2.81 bits per heavy atom. The molecule has 2 heterocycles. The molecule has 112 valence electrons. The van der Waals surface area contributed by atoms with Crippen molar-refractivity contribution in [2.45, 2.75) is 13.3 Å². The van der Waals surface area contributed by atoms with Gasteiger partial charge in [-0.2, -0.15) is 5.10 Å². The molecule has 0 saturated carbocycles. The molecule has 0 bridgehead atoms. The minimum Gasteiger partial charge on any atom is -0.478 e. The smallest absolute Gasteiger partial charge is 0.339 e. The second-order valence-corrected chi connectivity index (χ2v) is 5.38. The Hall–Kier alpha value is -2.22. The number of aromatic nitrogens is 3. The van der Waals surface area contributed by atoms with Crippen molar-refractivity contribution in [2.24, 2.45) is 7.05 Å². The number of nitrogens with zero attached hydrogens (tertiary/aromatic N) is 4. The summed E-state index contributed by atoms with van der Waals surface area (Å²) in [7, 11) is 1.56. The molecule has 8 heteroatoms. The Kier molecular flexibility index (Phi) is 4.69. The quantitative estimate of drug-likeness (QED) is 0.868. The van der Waals surface area contributed by atoms with Crippen molar-refractivity contribution in [3.8, 4) is 0 Å². The molecule has 2 rings (SSSR count). The molecule has 1 N–H and O–H groups in total. The van der Waals surface area contributed by atoms with Crippen LogP contribution in [0.15, 0.2) is 17.8 Å². The second-order valence-electron chi connectivity index (χ2n) is 4.40. The van der Waals surface area contributed by atoms with Gasteiger partial charge in [0.1, 0.15) is 11.3 Å². The van der Waals surface area contributed by atoms with Gasteiger partial charge in [0.2, 0.25) is 0 Å². The summed E-state index contributed by atoms with van der Waals surface area (Å²) in [5, 5.41) is 15.8. The van der Waals surface area contributed by atoms with E-state index in [4.69, 9.17) is 5.11 Å². The van der Waals surface area contributed by atoms with Crippen molar-refractivity contribution < 1.29 is 14.7 Å². The number of rotatable bonds is 6. The lowest BCUT2D eigenvalue weighted by molar-refractivity contribution is 0.0674. The van der Waals surface area contributed by atoms with E-state index in [-0.39, 0.29) is 17.2 Å². The molecule has 0 aromatic carbocycles. The lowest BCUT2D eigenvalue weighted by Crippen LogP contribution is -2.35. The molecule has 0 saturated heterocycles. The molecule has 2 aromatic heterocycles. The van der Waals surface area contributed by atoms with E-state index in [2.05, 4.69) is 10.1 Å². The van der Waals surface area contributed by atoms with Crippen LogP contribution >= 0.6 is 11.3 Å². The van der Waals surface area contributed by atoms with E-state index in [1.165, 1.54) is 22.2 Å². The average molecular weight is 308 g/mol. The van der Waals surface area contributed by atoms with Gasteiger partial charge in [-0.05, 0) is 6.92 Å². The van der Waals surface area contributed by atoms with Crippen LogP contribution in [0.25, 0.3) is 0 Å². The van der Waals surface area contributed by atoms with Gasteiger partial charge in [0.15, 0.2) is 0 Å². The van der Waals surface area contributed by atoms with Crippen LogP contribution in [-0.4, -0.2) is 49.7 Å². The van der Waals surface area contributed by atoms with Gasteiger partial charge in [-0.25, -0.2) is 9.78 Å². The highest BCUT2D eigenvalue weighted by molar-refractivity contribution is 7.09. The summed E-state index contributed by atoms with van der Waals surface area (Å²) in [6, 6.07) is 0. The highest BCUT2D eigenvalue weighted by Crippen LogP contribution is 2.12. The summed E-state index contributed by atoms with van der Waals surface area (Å²) in [5.74, 6) is -1.48. The number of aromatic carboxylic acids is 1. The lowest BCUT2D eigenvalue weighted by atomic mass is 10.2. The predicted molar refractivity (Wildman–Crippen MR) is 77.6 cm³/mol. The molecule has 0 aliphatic carbocycles. The molecule has 1 amide bonds. The van der Waals surface area contributed by atoms with Crippen LogP contribution in [0, 0.1) is 0 Å². The van der Waals surface area contributed by atoms with Crippen LogP contribution in [0.5, 0.6) is 0 Å². The molecule has 0 fully saturated rings. The van der Waals surface area contributed by atoms with Crippen LogP contribution in [0.2, 0.25) is 0 Å². The largest absolute Gasteiger partial charge is 0.478 e. The van der Waals surface area contributed by atoms with Gasteiger partial charge in [0.25, 0.3) is 5.91 Å². The van der Waals surface area contributed by atoms with Crippen molar-refractivity contribution in [1.29, 1.82) is 0 Å². The third-order valence-electron chi connectivity index (χ3n) is 3.12. The molecular weight excluding hydrogens is 292 g/mol. The monoisotopic (exact) mass is 308 g/mol. The fourth-order valence-corrected chi connectivity index (χ4v) is 2.62. The summed E-state index contributed by atoms with van der Waals surface area (Å²) in [6.45, 7) is 2.85. The zero-order chi connectivity index (χ0) is 15.4. The number of likely N-dealkylation sites (N-methyl/N-ethyl adjacent to an activating group) is 1. The molecule has 2 aromatic rings. The van der Waals surface area contributed by atoms with Gasteiger partial charge in [-0.15, -0.1) is 11.3 Å². The standard InChI is InChI=1S/C13H16N4O3S/c1-3-17(6-4-10-14-5-7-21-10)12(18)11-9(13(19)20)8-15-16(11)2/h5,7-8H,3-4,6H2,1-2H3,(H,19,20). The van der Waals surface area contributed by atoms with E-state index < -0.39 is 5.97 Å².